The van der Waals surface area contributed by atoms with Gasteiger partial charge in [-0.3, -0.25) is 4.68 Å². The molecule has 44 heavy (non-hydrogen) atoms. The topological polar surface area (TPSA) is 121 Å². The lowest BCUT2D eigenvalue weighted by Crippen LogP contribution is -2.39. The maximum Gasteiger partial charge on any atom is 0.416 e. The molecule has 0 unspecified atom stereocenters. The standard InChI is InChI=1S/C26H29F9N8O/c1-3-16-14-43(7-6-38-44)39-22(16)21-5-4-18(24(27,28)29)10-17(21)13-42(23(36)40-41(2)37)12-15-8-19(25(30,31)32)11-20(9-15)26(33,34)35/h4-5,8-11,14,38,44H,3,6-7,12-13,37H2,1-2H3,(H2,36,40). The molecule has 6 N–H and O–H groups in total. The van der Waals surface area contributed by atoms with Crippen LogP contribution in [0.2, 0.25) is 0 Å². The number of hydrazone groups is 1. The molecule has 3 aromatic rings. The summed E-state index contributed by atoms with van der Waals surface area (Å²) in [4.78, 5) is 0.996. The number of hydroxylamine groups is 1. The molecule has 1 heterocycles. The van der Waals surface area contributed by atoms with Crippen molar-refractivity contribution in [3.05, 3.63) is 76.0 Å². The monoisotopic (exact) mass is 640 g/mol. The Morgan fingerprint density at radius 1 is 0.909 bits per heavy atom. The van der Waals surface area contributed by atoms with Gasteiger partial charge in [0, 0.05) is 38.4 Å². The number of benzene rings is 2. The molecule has 0 fully saturated rings. The van der Waals surface area contributed by atoms with Gasteiger partial charge < -0.3 is 15.8 Å². The van der Waals surface area contributed by atoms with E-state index in [1.54, 1.807) is 13.1 Å². The summed E-state index contributed by atoms with van der Waals surface area (Å²) in [6, 6.07) is 3.72. The summed E-state index contributed by atoms with van der Waals surface area (Å²) in [6.07, 6.45) is -13.0. The van der Waals surface area contributed by atoms with E-state index in [0.717, 1.165) is 17.0 Å². The van der Waals surface area contributed by atoms with Gasteiger partial charge in [-0.2, -0.15) is 44.6 Å². The molecular formula is C26H29F9N8O. The van der Waals surface area contributed by atoms with Crippen LogP contribution in [0, 0.1) is 0 Å². The second kappa shape index (κ2) is 13.3. The molecule has 0 aliphatic carbocycles. The van der Waals surface area contributed by atoms with Crippen molar-refractivity contribution >= 4 is 5.96 Å². The minimum Gasteiger partial charge on any atom is -0.368 e. The van der Waals surface area contributed by atoms with Gasteiger partial charge in [-0.15, -0.1) is 5.10 Å². The third-order valence-electron chi connectivity index (χ3n) is 6.33. The molecule has 0 saturated heterocycles. The Balaban J connectivity index is 2.20. The van der Waals surface area contributed by atoms with Gasteiger partial charge in [-0.05, 0) is 53.4 Å². The Morgan fingerprint density at radius 2 is 1.50 bits per heavy atom. The van der Waals surface area contributed by atoms with Crippen molar-refractivity contribution in [3.63, 3.8) is 0 Å². The summed E-state index contributed by atoms with van der Waals surface area (Å²) in [5.74, 6) is 5.02. The van der Waals surface area contributed by atoms with E-state index in [1.165, 1.54) is 17.8 Å². The Morgan fingerprint density at radius 3 is 2.00 bits per heavy atom. The number of rotatable bonds is 10. The van der Waals surface area contributed by atoms with Crippen molar-refractivity contribution in [2.45, 2.75) is 51.5 Å². The molecule has 0 aliphatic heterocycles. The lowest BCUT2D eigenvalue weighted by molar-refractivity contribution is -0.143. The number of aryl methyl sites for hydroxylation is 1. The van der Waals surface area contributed by atoms with Crippen LogP contribution in [0.5, 0.6) is 0 Å². The van der Waals surface area contributed by atoms with Crippen LogP contribution in [-0.4, -0.2) is 44.6 Å². The van der Waals surface area contributed by atoms with Crippen molar-refractivity contribution in [1.82, 2.24) is 25.3 Å². The smallest absolute Gasteiger partial charge is 0.368 e. The molecule has 0 saturated carbocycles. The number of aromatic nitrogens is 2. The van der Waals surface area contributed by atoms with Gasteiger partial charge in [0.05, 0.1) is 28.9 Å². The van der Waals surface area contributed by atoms with Gasteiger partial charge in [0.1, 0.15) is 0 Å². The van der Waals surface area contributed by atoms with E-state index >= 15 is 0 Å². The Labute approximate surface area is 245 Å². The highest BCUT2D eigenvalue weighted by Crippen LogP contribution is 2.38. The zero-order valence-electron chi connectivity index (χ0n) is 23.3. The summed E-state index contributed by atoms with van der Waals surface area (Å²) in [7, 11) is 1.23. The normalized spacial score (nSPS) is 13.0. The number of nitrogens with zero attached hydrogens (tertiary/aromatic N) is 5. The number of nitrogens with two attached hydrogens (primary N) is 2. The van der Waals surface area contributed by atoms with Crippen LogP contribution in [0.1, 0.15) is 40.3 Å². The lowest BCUT2D eigenvalue weighted by Gasteiger charge is -2.27. The molecule has 9 nitrogen and oxygen atoms in total. The van der Waals surface area contributed by atoms with Gasteiger partial charge in [0.25, 0.3) is 0 Å². The zero-order valence-corrected chi connectivity index (χ0v) is 23.3. The molecule has 2 aromatic carbocycles. The molecule has 242 valence electrons. The Bertz CT molecular complexity index is 1430. The van der Waals surface area contributed by atoms with Crippen molar-refractivity contribution in [2.24, 2.45) is 16.7 Å². The van der Waals surface area contributed by atoms with Gasteiger partial charge in [-0.1, -0.05) is 13.0 Å². The summed E-state index contributed by atoms with van der Waals surface area (Å²) in [5, 5.41) is 17.8. The molecule has 0 bridgehead atoms. The first-order valence-electron chi connectivity index (χ1n) is 12.8. The van der Waals surface area contributed by atoms with Gasteiger partial charge >= 0.3 is 18.5 Å². The van der Waals surface area contributed by atoms with E-state index in [4.69, 9.17) is 16.8 Å². The van der Waals surface area contributed by atoms with Crippen molar-refractivity contribution in [2.75, 3.05) is 13.6 Å². The highest BCUT2D eigenvalue weighted by Gasteiger charge is 2.37. The number of nitrogens with one attached hydrogen (secondary N) is 1. The molecule has 0 spiro atoms. The highest BCUT2D eigenvalue weighted by atomic mass is 19.4. The first-order chi connectivity index (χ1) is 20.3. The Kier molecular flexibility index (Phi) is 10.4. The number of guanidine groups is 1. The molecule has 18 heteroatoms. The average Bonchev–Trinajstić information content (AvgIpc) is 3.32. The first-order valence-corrected chi connectivity index (χ1v) is 12.8. The van der Waals surface area contributed by atoms with Crippen LogP contribution < -0.4 is 17.1 Å². The third kappa shape index (κ3) is 8.76. The minimum absolute atomic E-state index is 0.0429. The van der Waals surface area contributed by atoms with Crippen molar-refractivity contribution in [1.29, 1.82) is 0 Å². The number of halogens is 9. The molecule has 0 radical (unpaired) electrons. The largest absolute Gasteiger partial charge is 0.416 e. The fraction of sp³-hybridized carbons (Fsp3) is 0.385. The van der Waals surface area contributed by atoms with Crippen LogP contribution in [-0.2, 0) is 44.6 Å². The van der Waals surface area contributed by atoms with Crippen LogP contribution >= 0.6 is 0 Å². The molecule has 0 atom stereocenters. The molecule has 0 aliphatic rings. The predicted octanol–water partition coefficient (Wildman–Crippen LogP) is 5.19. The second-order valence-electron chi connectivity index (χ2n) is 9.70. The molecule has 0 amide bonds. The van der Waals surface area contributed by atoms with E-state index < -0.39 is 59.8 Å². The Hall–Kier alpha value is -4.03. The van der Waals surface area contributed by atoms with Crippen LogP contribution in [0.15, 0.2) is 47.7 Å². The average molecular weight is 641 g/mol. The number of alkyl halides is 9. The fourth-order valence-electron chi connectivity index (χ4n) is 4.34. The van der Waals surface area contributed by atoms with E-state index in [1.807, 2.05) is 5.48 Å². The van der Waals surface area contributed by atoms with Crippen LogP contribution in [0.3, 0.4) is 0 Å². The van der Waals surface area contributed by atoms with E-state index in [-0.39, 0.29) is 36.0 Å². The zero-order chi connectivity index (χ0) is 33.0. The summed E-state index contributed by atoms with van der Waals surface area (Å²) < 4.78 is 124. The van der Waals surface area contributed by atoms with Gasteiger partial charge in [-0.25, -0.2) is 16.4 Å². The fourth-order valence-corrected chi connectivity index (χ4v) is 4.34. The molecule has 1 aromatic heterocycles. The highest BCUT2D eigenvalue weighted by molar-refractivity contribution is 5.78. The van der Waals surface area contributed by atoms with E-state index in [2.05, 4.69) is 10.2 Å². The number of hydrogen-bond donors (Lipinski definition) is 4. The number of hydrazine groups is 1. The van der Waals surface area contributed by atoms with Crippen LogP contribution in [0.25, 0.3) is 11.3 Å². The van der Waals surface area contributed by atoms with Crippen molar-refractivity contribution < 1.29 is 44.7 Å². The maximum atomic E-state index is 13.8. The third-order valence-corrected chi connectivity index (χ3v) is 6.33. The molecule has 3 rings (SSSR count). The molecular weight excluding hydrogens is 611 g/mol. The van der Waals surface area contributed by atoms with Gasteiger partial charge in [0.2, 0.25) is 5.96 Å². The summed E-state index contributed by atoms with van der Waals surface area (Å²) in [6.45, 7) is 0.815. The quantitative estimate of drug-likeness (QED) is 0.0792. The maximum absolute atomic E-state index is 13.8. The minimum atomic E-state index is -5.13. The van der Waals surface area contributed by atoms with Gasteiger partial charge in [0.15, 0.2) is 0 Å². The lowest BCUT2D eigenvalue weighted by atomic mass is 9.97. The first kappa shape index (κ1) is 34.5. The summed E-state index contributed by atoms with van der Waals surface area (Å²) >= 11 is 0. The summed E-state index contributed by atoms with van der Waals surface area (Å²) in [5.41, 5.74) is 4.31. The van der Waals surface area contributed by atoms with E-state index in [9.17, 15) is 39.5 Å². The number of hydrogen-bond acceptors (Lipinski definition) is 6. The predicted molar refractivity (Wildman–Crippen MR) is 141 cm³/mol. The second-order valence-corrected chi connectivity index (χ2v) is 9.70. The van der Waals surface area contributed by atoms with Crippen molar-refractivity contribution in [3.8, 4) is 11.3 Å². The SMILES string of the molecule is CCc1cn(CCNO)nc1-c1ccc(C(F)(F)F)cc1CN(Cc1cc(C(F)(F)F)cc(C(F)(F)F)c1)/C(N)=N/N(C)N. The van der Waals surface area contributed by atoms with Crippen LogP contribution in [0.4, 0.5) is 39.5 Å². The van der Waals surface area contributed by atoms with E-state index in [0.29, 0.717) is 29.2 Å².